The Labute approximate surface area is 437 Å². The number of hydrazine groups is 1. The zero-order chi connectivity index (χ0) is 52.7. The zero-order valence-electron chi connectivity index (χ0n) is 41.8. The van der Waals surface area contributed by atoms with Gasteiger partial charge in [0.25, 0.3) is 5.91 Å². The van der Waals surface area contributed by atoms with E-state index in [4.69, 9.17) is 4.74 Å². The van der Waals surface area contributed by atoms with Crippen LogP contribution in [-0.2, 0) is 20.9 Å². The highest BCUT2D eigenvalue weighted by Crippen LogP contribution is 2.41. The van der Waals surface area contributed by atoms with Crippen LogP contribution in [0, 0.1) is 12.3 Å². The number of aliphatic hydroxyl groups is 1. The molecule has 5 aromatic carbocycles. The second kappa shape index (κ2) is 23.2. The molecule has 1 saturated heterocycles. The first-order valence-electron chi connectivity index (χ1n) is 24.5. The maximum Gasteiger partial charge on any atom is 0.265 e. The van der Waals surface area contributed by atoms with E-state index in [1.807, 2.05) is 88.7 Å². The number of β-amino-alcohol motifs (C(OH)–C–C–N with tert-alkyl or cyclic N) is 1. The minimum absolute atomic E-state index is 0.0144. The molecule has 1 fully saturated rings. The number of thiophene rings is 1. The first-order chi connectivity index (χ1) is 35.4. The van der Waals surface area contributed by atoms with E-state index in [2.05, 4.69) is 26.5 Å². The topological polar surface area (TPSA) is 220 Å². The molecule has 3 heterocycles. The van der Waals surface area contributed by atoms with Crippen molar-refractivity contribution in [3.05, 3.63) is 154 Å². The Kier molecular flexibility index (Phi) is 16.6. The van der Waals surface area contributed by atoms with E-state index in [0.29, 0.717) is 58.7 Å². The van der Waals surface area contributed by atoms with Gasteiger partial charge in [0.05, 0.1) is 34.8 Å². The molecule has 4 amide bonds. The number of phenols is 2. The van der Waals surface area contributed by atoms with Gasteiger partial charge in [0.2, 0.25) is 17.7 Å². The Morgan fingerprint density at radius 3 is 2.15 bits per heavy atom. The van der Waals surface area contributed by atoms with E-state index in [0.717, 1.165) is 37.5 Å². The van der Waals surface area contributed by atoms with Crippen LogP contribution < -0.4 is 26.2 Å². The average Bonchev–Trinajstić information content (AvgIpc) is 4.12. The lowest BCUT2D eigenvalue weighted by Gasteiger charge is -2.35. The Morgan fingerprint density at radius 1 is 0.811 bits per heavy atom. The number of aliphatic hydroxyl groups excluding tert-OH is 1. The van der Waals surface area contributed by atoms with Crippen LogP contribution in [0.4, 0.5) is 0 Å². The molecule has 384 valence electrons. The van der Waals surface area contributed by atoms with Crippen molar-refractivity contribution in [1.82, 2.24) is 31.4 Å². The van der Waals surface area contributed by atoms with Gasteiger partial charge in [0.15, 0.2) is 5.78 Å². The molecule has 0 bridgehead atoms. The zero-order valence-corrected chi connectivity index (χ0v) is 43.4. The quantitative estimate of drug-likeness (QED) is 0.0230. The number of amides is 4. The monoisotopic (exact) mass is 1040 g/mol. The fraction of sp³-hybridized carbons (Fsp3) is 0.298. The third kappa shape index (κ3) is 12.7. The van der Waals surface area contributed by atoms with Crippen molar-refractivity contribution in [2.24, 2.45) is 5.41 Å². The van der Waals surface area contributed by atoms with Crippen LogP contribution in [0.15, 0.2) is 121 Å². The summed E-state index contributed by atoms with van der Waals surface area (Å²) in [5.74, 6) is -0.872. The second-order valence-electron chi connectivity index (χ2n) is 19.6. The number of hydrogen-bond acceptors (Lipinski definition) is 13. The van der Waals surface area contributed by atoms with Gasteiger partial charge in [-0.05, 0) is 121 Å². The summed E-state index contributed by atoms with van der Waals surface area (Å²) >= 11 is 2.94. The minimum atomic E-state index is -0.928. The maximum atomic E-state index is 14.1. The molecule has 2 aromatic heterocycles. The van der Waals surface area contributed by atoms with Gasteiger partial charge in [-0.3, -0.25) is 29.4 Å². The normalized spacial score (nSPS) is 15.4. The van der Waals surface area contributed by atoms with Gasteiger partial charge in [-0.15, -0.1) is 22.7 Å². The summed E-state index contributed by atoms with van der Waals surface area (Å²) in [5.41, 5.74) is 12.5. The number of unbranched alkanes of at least 4 members (excludes halogenated alkanes) is 1. The van der Waals surface area contributed by atoms with Gasteiger partial charge in [0, 0.05) is 57.6 Å². The molecule has 0 spiro atoms. The Balaban J connectivity index is 0.758. The molecule has 0 radical (unpaired) electrons. The van der Waals surface area contributed by atoms with Crippen molar-refractivity contribution in [2.75, 3.05) is 13.2 Å². The van der Waals surface area contributed by atoms with Crippen LogP contribution in [-0.4, -0.2) is 86.0 Å². The fourth-order valence-electron chi connectivity index (χ4n) is 8.87. The molecule has 4 atom stereocenters. The number of nitrogens with one attached hydrogen (secondary N) is 4. The largest absolute Gasteiger partial charge is 0.508 e. The molecule has 8 rings (SSSR count). The number of rotatable bonds is 19. The number of carbonyl (C=O) groups is 5. The van der Waals surface area contributed by atoms with Crippen LogP contribution in [0.1, 0.15) is 103 Å². The highest BCUT2D eigenvalue weighted by molar-refractivity contribution is 7.22. The van der Waals surface area contributed by atoms with E-state index in [1.165, 1.54) is 16.2 Å². The second-order valence-corrected chi connectivity index (χ2v) is 21.5. The maximum absolute atomic E-state index is 14.1. The lowest BCUT2D eigenvalue weighted by molar-refractivity contribution is -0.144. The fourth-order valence-corrected chi connectivity index (χ4v) is 10.9. The molecule has 0 saturated carbocycles. The summed E-state index contributed by atoms with van der Waals surface area (Å²) in [5, 5.41) is 37.3. The van der Waals surface area contributed by atoms with Crippen molar-refractivity contribution < 1.29 is 44.0 Å². The molecule has 0 unspecified atom stereocenters. The first-order valence-corrected chi connectivity index (χ1v) is 26.2. The van der Waals surface area contributed by atoms with Crippen molar-refractivity contribution in [1.29, 1.82) is 0 Å². The van der Waals surface area contributed by atoms with Crippen molar-refractivity contribution in [3.8, 4) is 38.1 Å². The van der Waals surface area contributed by atoms with E-state index >= 15 is 0 Å². The number of hydrogen-bond donors (Lipinski definition) is 7. The number of aromatic hydroxyl groups is 2. The Bertz CT molecular complexity index is 3130. The molecule has 7 N–H and O–H groups in total. The highest BCUT2D eigenvalue weighted by atomic mass is 32.1. The Hall–Kier alpha value is -7.44. The summed E-state index contributed by atoms with van der Waals surface area (Å²) < 4.78 is 6.67. The summed E-state index contributed by atoms with van der Waals surface area (Å²) in [6.45, 7) is 10.1. The van der Waals surface area contributed by atoms with E-state index in [9.17, 15) is 39.3 Å². The summed E-state index contributed by atoms with van der Waals surface area (Å²) in [4.78, 5) is 75.6. The van der Waals surface area contributed by atoms with Crippen LogP contribution in [0.3, 0.4) is 0 Å². The smallest absolute Gasteiger partial charge is 0.265 e. The third-order valence-corrected chi connectivity index (χ3v) is 15.2. The minimum Gasteiger partial charge on any atom is -0.508 e. The number of nitrogens with zero attached hydrogens (tertiary/aromatic N) is 2. The number of ether oxygens (including phenoxy) is 1. The number of likely N-dealkylation sites (tertiary alicyclic amines) is 1. The lowest BCUT2D eigenvalue weighted by Crippen LogP contribution is -2.57. The van der Waals surface area contributed by atoms with Gasteiger partial charge >= 0.3 is 0 Å². The number of carbonyl (C=O) groups excluding carboxylic acids is 5. The first kappa shape index (κ1) is 52.9. The number of aryl methyl sites for hydroxylation is 1. The molecular formula is C57H60N6O9S2. The van der Waals surface area contributed by atoms with Gasteiger partial charge in [-0.2, -0.15) is 0 Å². The van der Waals surface area contributed by atoms with Gasteiger partial charge in [-0.25, -0.2) is 10.4 Å². The van der Waals surface area contributed by atoms with Crippen LogP contribution in [0.25, 0.3) is 31.0 Å². The molecule has 0 aliphatic carbocycles. The van der Waals surface area contributed by atoms with Crippen LogP contribution in [0.5, 0.6) is 17.2 Å². The van der Waals surface area contributed by atoms with Crippen LogP contribution >= 0.6 is 22.7 Å². The third-order valence-electron chi connectivity index (χ3n) is 13.0. The van der Waals surface area contributed by atoms with Crippen LogP contribution in [0.2, 0.25) is 0 Å². The molecule has 7 aromatic rings. The number of ketones is 1. The number of fused-ring (bicyclic) bond motifs is 1. The van der Waals surface area contributed by atoms with Gasteiger partial charge in [0.1, 0.15) is 29.3 Å². The molecule has 1 aliphatic rings. The van der Waals surface area contributed by atoms with E-state index < -0.39 is 29.5 Å². The summed E-state index contributed by atoms with van der Waals surface area (Å²) in [6.07, 6.45) is 0.462. The van der Waals surface area contributed by atoms with Crippen molar-refractivity contribution in [3.63, 3.8) is 0 Å². The summed E-state index contributed by atoms with van der Waals surface area (Å²) in [6, 6.07) is 31.0. The van der Waals surface area contributed by atoms with Crippen molar-refractivity contribution >= 4 is 62.2 Å². The highest BCUT2D eigenvalue weighted by Gasteiger charge is 2.44. The number of phenolic OH excluding ortho intramolecular Hbond substituents is 2. The average molecular weight is 1040 g/mol. The molecular weight excluding hydrogens is 977 g/mol. The summed E-state index contributed by atoms with van der Waals surface area (Å²) in [7, 11) is 0. The number of aromatic nitrogens is 1. The molecule has 74 heavy (non-hydrogen) atoms. The Morgan fingerprint density at radius 2 is 1.47 bits per heavy atom. The van der Waals surface area contributed by atoms with Gasteiger partial charge < -0.3 is 35.6 Å². The number of benzene rings is 5. The predicted octanol–water partition coefficient (Wildman–Crippen LogP) is 9.00. The molecule has 1 aliphatic heterocycles. The standard InChI is InChI=1S/C57H60N6O9S2/c1-33(36-11-15-38(16-12-36)51-34(2)58-32-73-51)60-55(70)46-28-43(66)31-63(46)56(71)53(57(3,4)5)61-48(67)8-6-7-27-72-44-24-9-35(10-25-44)30-59-62-54(69)40-17-13-37(14-18-40)50(68)49-45-26-23-42(65)29-47(45)74-52(49)39-19-21-41(64)22-20-39/h9-26,29,32-33,43,46,53,59,64-66H,6-8,27-28,30-31H2,1-5H3,(H,60,70)(H,61,67)(H,62,69)/t33-,43+,46-,53+/m0/s1. The SMILES string of the molecule is Cc1ncsc1-c1ccc([C@H](C)NC(=O)[C@@H]2C[C@@H](O)CN2C(=O)[C@@H](NC(=O)CCCCOc2ccc(CNNC(=O)c3ccc(C(=O)c4c(-c5ccc(O)cc5)sc5cc(O)ccc45)cc3)cc2)C(C)(C)C)cc1. The van der Waals surface area contributed by atoms with Gasteiger partial charge in [-0.1, -0.05) is 69.3 Å². The molecule has 17 heteroatoms. The predicted molar refractivity (Wildman–Crippen MR) is 287 cm³/mol. The van der Waals surface area contributed by atoms with E-state index in [1.54, 1.807) is 78.1 Å². The van der Waals surface area contributed by atoms with E-state index in [-0.39, 0.29) is 60.4 Å². The van der Waals surface area contributed by atoms with Crippen molar-refractivity contribution in [2.45, 2.75) is 91.1 Å². The lowest BCUT2D eigenvalue weighted by atomic mass is 9.85. The molecule has 15 nitrogen and oxygen atoms in total. The number of thiazole rings is 1.